The van der Waals surface area contributed by atoms with Gasteiger partial charge in [0.15, 0.2) is 5.69 Å². The number of aromatic amines is 1. The number of nitrogens with one attached hydrogen (secondary N) is 2. The molecule has 1 aliphatic rings. The zero-order chi connectivity index (χ0) is 21.0. The summed E-state index contributed by atoms with van der Waals surface area (Å²) in [5.74, 6) is -0.381. The van der Waals surface area contributed by atoms with E-state index in [-0.39, 0.29) is 30.7 Å². The average molecular weight is 402 g/mol. The molecule has 156 valence electrons. The van der Waals surface area contributed by atoms with E-state index in [1.165, 1.54) is 4.57 Å². The quantitative estimate of drug-likeness (QED) is 0.669. The number of rotatable bonds is 7. The van der Waals surface area contributed by atoms with Crippen molar-refractivity contribution < 1.29 is 14.3 Å². The van der Waals surface area contributed by atoms with E-state index in [1.807, 2.05) is 19.9 Å². The van der Waals surface area contributed by atoms with Gasteiger partial charge in [-0.2, -0.15) is 10.1 Å². The van der Waals surface area contributed by atoms with E-state index in [9.17, 15) is 14.4 Å². The number of carbonyl (C=O) groups is 2. The number of carbonyl (C=O) groups excluding carboxylic acids is 2. The Morgan fingerprint density at radius 3 is 2.86 bits per heavy atom. The van der Waals surface area contributed by atoms with Gasteiger partial charge in [0.25, 0.3) is 5.91 Å². The SMILES string of the molecule is CCOCC(=O)N1CCc2c(C(=O)NCCn3c(C)cc(C)nc3=O)n[nH]c2C1. The molecule has 10 nitrogen and oxygen atoms in total. The molecular weight excluding hydrogens is 376 g/mol. The van der Waals surface area contributed by atoms with Crippen LogP contribution in [0.25, 0.3) is 0 Å². The molecule has 2 amide bonds. The number of fused-ring (bicyclic) bond motifs is 1. The number of aromatic nitrogens is 4. The van der Waals surface area contributed by atoms with Gasteiger partial charge in [0.2, 0.25) is 5.91 Å². The highest BCUT2D eigenvalue weighted by molar-refractivity contribution is 5.94. The van der Waals surface area contributed by atoms with Crippen LogP contribution in [0.15, 0.2) is 10.9 Å². The van der Waals surface area contributed by atoms with Crippen LogP contribution in [-0.4, -0.2) is 62.8 Å². The smallest absolute Gasteiger partial charge is 0.348 e. The second-order valence-corrected chi connectivity index (χ2v) is 6.96. The molecule has 0 saturated carbocycles. The zero-order valence-corrected chi connectivity index (χ0v) is 16.9. The summed E-state index contributed by atoms with van der Waals surface area (Å²) in [6.07, 6.45) is 0.549. The molecule has 0 atom stereocenters. The first-order chi connectivity index (χ1) is 13.9. The number of H-pyrrole nitrogens is 1. The minimum atomic E-state index is -0.328. The Balaban J connectivity index is 1.59. The molecule has 3 rings (SSSR count). The number of nitrogens with zero attached hydrogens (tertiary/aromatic N) is 4. The molecule has 0 fully saturated rings. The zero-order valence-electron chi connectivity index (χ0n) is 16.9. The van der Waals surface area contributed by atoms with E-state index >= 15 is 0 Å². The van der Waals surface area contributed by atoms with Crippen molar-refractivity contribution in [3.63, 3.8) is 0 Å². The van der Waals surface area contributed by atoms with Gasteiger partial charge in [-0.15, -0.1) is 0 Å². The van der Waals surface area contributed by atoms with Crippen molar-refractivity contribution in [1.82, 2.24) is 30.0 Å². The Morgan fingerprint density at radius 1 is 1.34 bits per heavy atom. The van der Waals surface area contributed by atoms with Gasteiger partial charge in [-0.25, -0.2) is 4.79 Å². The Bertz CT molecular complexity index is 964. The highest BCUT2D eigenvalue weighted by Gasteiger charge is 2.27. The van der Waals surface area contributed by atoms with Crippen molar-refractivity contribution >= 4 is 11.8 Å². The maximum atomic E-state index is 12.6. The van der Waals surface area contributed by atoms with E-state index in [1.54, 1.807) is 11.8 Å². The number of hydrogen-bond acceptors (Lipinski definition) is 6. The fourth-order valence-corrected chi connectivity index (χ4v) is 3.41. The summed E-state index contributed by atoms with van der Waals surface area (Å²) in [4.78, 5) is 42.3. The van der Waals surface area contributed by atoms with Gasteiger partial charge in [0, 0.05) is 43.2 Å². The molecule has 0 radical (unpaired) electrons. The fraction of sp³-hybridized carbons (Fsp3) is 0.526. The standard InChI is InChI=1S/C19H26N6O4/c1-4-29-11-16(26)24-7-5-14-15(10-24)22-23-17(14)18(27)20-6-8-25-13(3)9-12(2)21-19(25)28/h9H,4-8,10-11H2,1-3H3,(H,20,27)(H,22,23). The van der Waals surface area contributed by atoms with Crippen molar-refractivity contribution in [2.75, 3.05) is 26.3 Å². The number of hydrogen-bond donors (Lipinski definition) is 2. The lowest BCUT2D eigenvalue weighted by atomic mass is 10.0. The predicted molar refractivity (Wildman–Crippen MR) is 105 cm³/mol. The van der Waals surface area contributed by atoms with Crippen LogP contribution in [0.3, 0.4) is 0 Å². The third-order valence-corrected chi connectivity index (χ3v) is 4.90. The molecule has 0 aliphatic carbocycles. The molecule has 2 aromatic heterocycles. The van der Waals surface area contributed by atoms with E-state index in [0.717, 1.165) is 17.0 Å². The molecule has 1 aliphatic heterocycles. The molecule has 29 heavy (non-hydrogen) atoms. The first-order valence-corrected chi connectivity index (χ1v) is 9.65. The van der Waals surface area contributed by atoms with Gasteiger partial charge < -0.3 is 15.0 Å². The Kier molecular flexibility index (Phi) is 6.42. The highest BCUT2D eigenvalue weighted by atomic mass is 16.5. The minimum absolute atomic E-state index is 0.0555. The van der Waals surface area contributed by atoms with Gasteiger partial charge in [0.05, 0.1) is 12.2 Å². The van der Waals surface area contributed by atoms with E-state index in [4.69, 9.17) is 4.74 Å². The monoisotopic (exact) mass is 402 g/mol. The summed E-state index contributed by atoms with van der Waals surface area (Å²) >= 11 is 0. The number of ether oxygens (including phenoxy) is 1. The lowest BCUT2D eigenvalue weighted by Gasteiger charge is -2.26. The maximum absolute atomic E-state index is 12.6. The van der Waals surface area contributed by atoms with Crippen LogP contribution >= 0.6 is 0 Å². The average Bonchev–Trinajstić information content (AvgIpc) is 3.11. The molecule has 2 N–H and O–H groups in total. The van der Waals surface area contributed by atoms with Crippen LogP contribution in [0.2, 0.25) is 0 Å². The van der Waals surface area contributed by atoms with Gasteiger partial charge >= 0.3 is 5.69 Å². The third kappa shape index (κ3) is 4.70. The molecule has 0 unspecified atom stereocenters. The van der Waals surface area contributed by atoms with Crippen LogP contribution in [0, 0.1) is 13.8 Å². The van der Waals surface area contributed by atoms with Crippen molar-refractivity contribution in [2.24, 2.45) is 0 Å². The van der Waals surface area contributed by atoms with Crippen LogP contribution in [-0.2, 0) is 29.0 Å². The molecule has 0 saturated heterocycles. The summed E-state index contributed by atoms with van der Waals surface area (Å²) in [5, 5.41) is 9.81. The molecule has 0 aromatic carbocycles. The molecular formula is C19H26N6O4. The van der Waals surface area contributed by atoms with E-state index in [2.05, 4.69) is 20.5 Å². The fourth-order valence-electron chi connectivity index (χ4n) is 3.41. The highest BCUT2D eigenvalue weighted by Crippen LogP contribution is 2.20. The number of aryl methyl sites for hydroxylation is 2. The Hall–Kier alpha value is -3.01. The van der Waals surface area contributed by atoms with E-state index < -0.39 is 0 Å². The summed E-state index contributed by atoms with van der Waals surface area (Å²) < 4.78 is 6.70. The van der Waals surface area contributed by atoms with Crippen molar-refractivity contribution in [2.45, 2.75) is 40.3 Å². The molecule has 0 spiro atoms. The topological polar surface area (TPSA) is 122 Å². The summed E-state index contributed by atoms with van der Waals surface area (Å²) in [6.45, 7) is 7.50. The number of amides is 2. The first kappa shape index (κ1) is 20.7. The maximum Gasteiger partial charge on any atom is 0.348 e. The normalized spacial score (nSPS) is 13.3. The third-order valence-electron chi connectivity index (χ3n) is 4.90. The van der Waals surface area contributed by atoms with Crippen LogP contribution in [0.4, 0.5) is 0 Å². The molecule has 10 heteroatoms. The van der Waals surface area contributed by atoms with E-state index in [0.29, 0.717) is 44.0 Å². The lowest BCUT2D eigenvalue weighted by molar-refractivity contribution is -0.136. The van der Waals surface area contributed by atoms with Crippen LogP contribution < -0.4 is 11.0 Å². The largest absolute Gasteiger partial charge is 0.372 e. The molecule has 3 heterocycles. The second kappa shape index (κ2) is 8.99. The molecule has 2 aromatic rings. The van der Waals surface area contributed by atoms with Crippen LogP contribution in [0.1, 0.15) is 40.1 Å². The Morgan fingerprint density at radius 2 is 2.14 bits per heavy atom. The summed E-state index contributed by atoms with van der Waals surface area (Å²) in [6, 6.07) is 1.83. The second-order valence-electron chi connectivity index (χ2n) is 6.96. The van der Waals surface area contributed by atoms with Crippen LogP contribution in [0.5, 0.6) is 0 Å². The van der Waals surface area contributed by atoms with Gasteiger partial charge in [-0.05, 0) is 33.3 Å². The predicted octanol–water partition coefficient (Wildman–Crippen LogP) is -0.0656. The van der Waals surface area contributed by atoms with Gasteiger partial charge in [-0.3, -0.25) is 19.3 Å². The van der Waals surface area contributed by atoms with Gasteiger partial charge in [0.1, 0.15) is 6.61 Å². The van der Waals surface area contributed by atoms with Gasteiger partial charge in [-0.1, -0.05) is 0 Å². The Labute approximate surface area is 168 Å². The van der Waals surface area contributed by atoms with Crippen molar-refractivity contribution in [1.29, 1.82) is 0 Å². The molecule has 0 bridgehead atoms. The summed E-state index contributed by atoms with van der Waals surface area (Å²) in [7, 11) is 0. The summed E-state index contributed by atoms with van der Waals surface area (Å²) in [5.41, 5.74) is 3.07. The van der Waals surface area contributed by atoms with Crippen molar-refractivity contribution in [3.05, 3.63) is 44.9 Å². The lowest BCUT2D eigenvalue weighted by Crippen LogP contribution is -2.39. The first-order valence-electron chi connectivity index (χ1n) is 9.65. The van der Waals surface area contributed by atoms with Crippen molar-refractivity contribution in [3.8, 4) is 0 Å². The minimum Gasteiger partial charge on any atom is -0.372 e.